The largest absolute Gasteiger partial charge is 0.337 e. The molecule has 0 spiro atoms. The molecule has 8 nitrogen and oxygen atoms in total. The molecule has 1 fully saturated rings. The van der Waals surface area contributed by atoms with Crippen LogP contribution in [0.25, 0.3) is 11.0 Å². The summed E-state index contributed by atoms with van der Waals surface area (Å²) in [7, 11) is 3.93. The van der Waals surface area contributed by atoms with Crippen molar-refractivity contribution in [2.75, 3.05) is 39.0 Å². The highest BCUT2D eigenvalue weighted by molar-refractivity contribution is 6.41. The number of fused-ring (bicyclic) bond motifs is 1. The third kappa shape index (κ3) is 5.88. The number of aryl methyl sites for hydroxylation is 1. The van der Waals surface area contributed by atoms with Gasteiger partial charge in [-0.1, -0.05) is 41.4 Å². The van der Waals surface area contributed by atoms with Crippen molar-refractivity contribution in [2.45, 2.75) is 32.2 Å². The van der Waals surface area contributed by atoms with Crippen molar-refractivity contribution in [3.63, 3.8) is 0 Å². The monoisotopic (exact) mass is 528 g/mol. The van der Waals surface area contributed by atoms with Crippen LogP contribution in [0.2, 0.25) is 10.2 Å². The zero-order valence-electron chi connectivity index (χ0n) is 20.7. The third-order valence-electron chi connectivity index (χ3n) is 6.25. The minimum absolute atomic E-state index is 0.00245. The number of anilines is 1. The summed E-state index contributed by atoms with van der Waals surface area (Å²) in [5.41, 5.74) is 3.06. The van der Waals surface area contributed by atoms with Gasteiger partial charge < -0.3 is 14.4 Å². The van der Waals surface area contributed by atoms with E-state index >= 15 is 0 Å². The number of nitrogens with one attached hydrogen (secondary N) is 1. The Balaban J connectivity index is 1.68. The molecule has 4 rings (SSSR count). The average Bonchev–Trinajstić information content (AvgIpc) is 3.02. The molecule has 1 atom stereocenters. The highest BCUT2D eigenvalue weighted by Gasteiger charge is 2.27. The predicted molar refractivity (Wildman–Crippen MR) is 144 cm³/mol. The first-order valence-electron chi connectivity index (χ1n) is 11.9. The summed E-state index contributed by atoms with van der Waals surface area (Å²) in [5, 5.41) is 3.29. The molecule has 1 aliphatic heterocycles. The van der Waals surface area contributed by atoms with Crippen molar-refractivity contribution in [1.29, 1.82) is 0 Å². The van der Waals surface area contributed by atoms with Gasteiger partial charge in [0.05, 0.1) is 27.7 Å². The highest BCUT2D eigenvalue weighted by Crippen LogP contribution is 2.32. The van der Waals surface area contributed by atoms with Gasteiger partial charge in [0, 0.05) is 31.9 Å². The first-order chi connectivity index (χ1) is 17.2. The molecule has 190 valence electrons. The number of benzene rings is 1. The Morgan fingerprint density at radius 2 is 2.06 bits per heavy atom. The highest BCUT2D eigenvalue weighted by atomic mass is 35.5. The number of hydrogen-bond donors (Lipinski definition) is 1. The summed E-state index contributed by atoms with van der Waals surface area (Å²) in [6.45, 7) is 3.96. The maximum absolute atomic E-state index is 13.1. The van der Waals surface area contributed by atoms with Gasteiger partial charge in [-0.3, -0.25) is 14.9 Å². The maximum atomic E-state index is 13.1. The fourth-order valence-corrected chi connectivity index (χ4v) is 4.75. The van der Waals surface area contributed by atoms with Crippen LogP contribution in [0.4, 0.5) is 5.95 Å². The van der Waals surface area contributed by atoms with E-state index in [0.29, 0.717) is 25.6 Å². The van der Waals surface area contributed by atoms with Crippen LogP contribution in [-0.4, -0.2) is 69.9 Å². The standard InChI is InChI=1S/C26H30Cl2N6O2/c1-17-8-6-10-21-23(17)34(26(30-21)31-25(36)18-14-20(27)24(28)29-15-18)19-9-4-5-13-33(16-19)22(35)11-7-12-32(2)3/h6-8,10-11,14-15,19H,4-5,9,12-13,16H2,1-3H3,(H,30,31,36)/b11-7+. The molecular weight excluding hydrogens is 499 g/mol. The summed E-state index contributed by atoms with van der Waals surface area (Å²) in [5.74, 6) is 0.0404. The van der Waals surface area contributed by atoms with Gasteiger partial charge in [-0.05, 0) is 58.0 Å². The summed E-state index contributed by atoms with van der Waals surface area (Å²) < 4.78 is 2.07. The number of halogens is 2. The van der Waals surface area contributed by atoms with E-state index in [4.69, 9.17) is 28.2 Å². The minimum atomic E-state index is -0.386. The van der Waals surface area contributed by atoms with E-state index in [9.17, 15) is 9.59 Å². The van der Waals surface area contributed by atoms with Gasteiger partial charge in [0.25, 0.3) is 5.91 Å². The first kappa shape index (κ1) is 26.1. The van der Waals surface area contributed by atoms with Crippen LogP contribution in [0.1, 0.15) is 41.2 Å². The number of likely N-dealkylation sites (tertiary alicyclic amines) is 1. The van der Waals surface area contributed by atoms with Crippen LogP contribution in [0.15, 0.2) is 42.6 Å². The summed E-state index contributed by atoms with van der Waals surface area (Å²) in [4.78, 5) is 38.7. The number of para-hydroxylation sites is 1. The smallest absolute Gasteiger partial charge is 0.259 e. The van der Waals surface area contributed by atoms with Crippen LogP contribution < -0.4 is 5.32 Å². The molecule has 1 aliphatic rings. The second-order valence-electron chi connectivity index (χ2n) is 9.30. The molecule has 1 aromatic carbocycles. The zero-order valence-corrected chi connectivity index (χ0v) is 22.2. The Morgan fingerprint density at radius 3 is 2.81 bits per heavy atom. The van der Waals surface area contributed by atoms with E-state index in [-0.39, 0.29) is 33.6 Å². The molecule has 1 saturated heterocycles. The SMILES string of the molecule is Cc1cccc2nc(NC(=O)c3cnc(Cl)c(Cl)c3)n(C3CCCCN(C(=O)/C=C/CN(C)C)C3)c12. The molecule has 2 aromatic heterocycles. The van der Waals surface area contributed by atoms with E-state index in [1.165, 1.54) is 12.3 Å². The molecule has 36 heavy (non-hydrogen) atoms. The molecule has 0 aliphatic carbocycles. The number of aromatic nitrogens is 3. The molecule has 3 heterocycles. The van der Waals surface area contributed by atoms with Crippen molar-refractivity contribution in [3.05, 3.63) is 63.9 Å². The molecule has 0 bridgehead atoms. The quantitative estimate of drug-likeness (QED) is 0.360. The minimum Gasteiger partial charge on any atom is -0.337 e. The lowest BCUT2D eigenvalue weighted by atomic mass is 10.1. The molecule has 0 radical (unpaired) electrons. The number of likely N-dealkylation sites (N-methyl/N-ethyl adjacent to an activating group) is 1. The zero-order chi connectivity index (χ0) is 25.8. The normalized spacial score (nSPS) is 16.6. The van der Waals surface area contributed by atoms with E-state index in [1.807, 2.05) is 55.1 Å². The van der Waals surface area contributed by atoms with E-state index in [2.05, 4.69) is 14.9 Å². The number of hydrogen-bond acceptors (Lipinski definition) is 5. The van der Waals surface area contributed by atoms with E-state index in [0.717, 1.165) is 35.9 Å². The number of amides is 2. The van der Waals surface area contributed by atoms with Crippen molar-refractivity contribution in [2.24, 2.45) is 0 Å². The van der Waals surface area contributed by atoms with E-state index in [1.54, 1.807) is 6.08 Å². The number of nitrogens with zero attached hydrogens (tertiary/aromatic N) is 5. The molecule has 0 saturated carbocycles. The van der Waals surface area contributed by atoms with Gasteiger partial charge in [-0.2, -0.15) is 0 Å². The van der Waals surface area contributed by atoms with Crippen LogP contribution in [-0.2, 0) is 4.79 Å². The Kier molecular flexibility index (Phi) is 8.28. The Morgan fingerprint density at radius 1 is 1.25 bits per heavy atom. The molecule has 2 amide bonds. The summed E-state index contributed by atoms with van der Waals surface area (Å²) in [6, 6.07) is 7.34. The fourth-order valence-electron chi connectivity index (χ4n) is 4.48. The predicted octanol–water partition coefficient (Wildman–Crippen LogP) is 4.97. The van der Waals surface area contributed by atoms with Gasteiger partial charge in [0.1, 0.15) is 5.15 Å². The number of carbonyl (C=O) groups is 2. The van der Waals surface area contributed by atoms with Crippen LogP contribution >= 0.6 is 23.2 Å². The Labute approximate surface area is 220 Å². The summed E-state index contributed by atoms with van der Waals surface area (Å²) >= 11 is 12.0. The van der Waals surface area contributed by atoms with Crippen molar-refractivity contribution < 1.29 is 9.59 Å². The number of rotatable bonds is 6. The third-order valence-corrected chi connectivity index (χ3v) is 6.94. The second-order valence-corrected chi connectivity index (χ2v) is 10.1. The van der Waals surface area contributed by atoms with Gasteiger partial charge in [0.15, 0.2) is 0 Å². The van der Waals surface area contributed by atoms with Crippen molar-refractivity contribution >= 4 is 52.0 Å². The number of imidazole rings is 1. The lowest BCUT2D eigenvalue weighted by Crippen LogP contribution is -2.35. The molecule has 1 unspecified atom stereocenters. The first-order valence-corrected chi connectivity index (χ1v) is 12.7. The number of pyridine rings is 1. The van der Waals surface area contributed by atoms with Gasteiger partial charge in [-0.15, -0.1) is 0 Å². The lowest BCUT2D eigenvalue weighted by Gasteiger charge is -2.26. The van der Waals surface area contributed by atoms with E-state index < -0.39 is 0 Å². The molecular formula is C26H30Cl2N6O2. The van der Waals surface area contributed by atoms with Crippen molar-refractivity contribution in [3.8, 4) is 0 Å². The van der Waals surface area contributed by atoms with Gasteiger partial charge >= 0.3 is 0 Å². The molecule has 10 heteroatoms. The summed E-state index contributed by atoms with van der Waals surface area (Å²) in [6.07, 6.45) is 7.67. The number of carbonyl (C=O) groups excluding carboxylic acids is 2. The van der Waals surface area contributed by atoms with Crippen LogP contribution in [0, 0.1) is 6.92 Å². The van der Waals surface area contributed by atoms with Gasteiger partial charge in [0.2, 0.25) is 11.9 Å². The maximum Gasteiger partial charge on any atom is 0.259 e. The Bertz CT molecular complexity index is 1300. The average molecular weight is 529 g/mol. The van der Waals surface area contributed by atoms with Crippen LogP contribution in [0.3, 0.4) is 0 Å². The van der Waals surface area contributed by atoms with Crippen molar-refractivity contribution in [1.82, 2.24) is 24.3 Å². The molecule has 1 N–H and O–H groups in total. The Hall–Kier alpha value is -2.94. The second kappa shape index (κ2) is 11.4. The fraction of sp³-hybridized carbons (Fsp3) is 0.385. The molecule has 3 aromatic rings. The van der Waals surface area contributed by atoms with Gasteiger partial charge in [-0.25, -0.2) is 9.97 Å². The topological polar surface area (TPSA) is 83.4 Å². The van der Waals surface area contributed by atoms with Crippen LogP contribution in [0.5, 0.6) is 0 Å². The lowest BCUT2D eigenvalue weighted by molar-refractivity contribution is -0.126.